The van der Waals surface area contributed by atoms with Crippen molar-refractivity contribution in [3.8, 4) is 11.4 Å². The van der Waals surface area contributed by atoms with Crippen LogP contribution in [0.25, 0.3) is 11.4 Å². The van der Waals surface area contributed by atoms with Crippen molar-refractivity contribution in [3.05, 3.63) is 41.6 Å². The molecule has 0 radical (unpaired) electrons. The van der Waals surface area contributed by atoms with Gasteiger partial charge in [-0.2, -0.15) is 0 Å². The molecule has 3 aromatic heterocycles. The average molecular weight is 388 g/mol. The lowest BCUT2D eigenvalue weighted by Crippen LogP contribution is -2.43. The molecule has 1 saturated carbocycles. The largest absolute Gasteiger partial charge is 0.368 e. The van der Waals surface area contributed by atoms with Gasteiger partial charge in [-0.3, -0.25) is 0 Å². The van der Waals surface area contributed by atoms with Crippen molar-refractivity contribution < 1.29 is 0 Å². The lowest BCUT2D eigenvalue weighted by atomic mass is 10.2. The summed E-state index contributed by atoms with van der Waals surface area (Å²) < 4.78 is 2.37. The zero-order valence-electron chi connectivity index (χ0n) is 16.5. The zero-order valence-corrected chi connectivity index (χ0v) is 16.5. The van der Waals surface area contributed by atoms with Gasteiger partial charge in [-0.05, 0) is 31.9 Å². The van der Waals surface area contributed by atoms with Crippen LogP contribution < -0.4 is 15.5 Å². The van der Waals surface area contributed by atoms with Crippen LogP contribution in [0.2, 0.25) is 0 Å². The van der Waals surface area contributed by atoms with Crippen molar-refractivity contribution in [2.45, 2.75) is 32.2 Å². The Hall–Kier alpha value is -3.00. The van der Waals surface area contributed by atoms with Crippen molar-refractivity contribution >= 4 is 17.5 Å². The van der Waals surface area contributed by atoms with E-state index in [1.807, 2.05) is 18.5 Å². The minimum Gasteiger partial charge on any atom is -0.368 e. The highest BCUT2D eigenvalue weighted by atomic mass is 15.2. The number of hydrogen-bond acceptors (Lipinski definition) is 7. The number of pyridine rings is 1. The molecule has 148 valence electrons. The summed E-state index contributed by atoms with van der Waals surface area (Å²) in [6.07, 6.45) is 7.14. The summed E-state index contributed by atoms with van der Waals surface area (Å²) in [5.41, 5.74) is 5.65. The first-order chi connectivity index (χ1) is 14.3. The molecule has 0 unspecified atom stereocenters. The van der Waals surface area contributed by atoms with Gasteiger partial charge in [-0.15, -0.1) is 0 Å². The summed E-state index contributed by atoms with van der Waals surface area (Å²) in [5.74, 6) is 2.44. The third-order valence-electron chi connectivity index (χ3n) is 5.99. The molecule has 2 aliphatic carbocycles. The van der Waals surface area contributed by atoms with Crippen LogP contribution >= 0.6 is 0 Å². The fourth-order valence-electron chi connectivity index (χ4n) is 4.42. The molecular formula is C21H24N8. The van der Waals surface area contributed by atoms with Gasteiger partial charge in [-0.25, -0.2) is 19.9 Å². The maximum Gasteiger partial charge on any atom is 0.228 e. The lowest BCUT2D eigenvalue weighted by Gasteiger charge is -2.29. The summed E-state index contributed by atoms with van der Waals surface area (Å²) in [6, 6.07) is 4.69. The van der Waals surface area contributed by atoms with Gasteiger partial charge in [0.1, 0.15) is 11.6 Å². The minimum atomic E-state index is 0.584. The SMILES string of the molecule is Cc1nc2c(n1C1CC1)-c1nc(Nc3ccc(N4CCNCC4)cn3)ncc1C2. The Labute approximate surface area is 169 Å². The van der Waals surface area contributed by atoms with Gasteiger partial charge in [0.25, 0.3) is 0 Å². The van der Waals surface area contributed by atoms with Crippen LogP contribution in [0.15, 0.2) is 24.5 Å². The molecule has 0 spiro atoms. The highest BCUT2D eigenvalue weighted by molar-refractivity contribution is 5.71. The van der Waals surface area contributed by atoms with Gasteiger partial charge in [0.2, 0.25) is 5.95 Å². The van der Waals surface area contributed by atoms with E-state index >= 15 is 0 Å². The number of nitrogens with zero attached hydrogens (tertiary/aromatic N) is 6. The van der Waals surface area contributed by atoms with Crippen molar-refractivity contribution in [2.75, 3.05) is 36.4 Å². The Balaban J connectivity index is 1.26. The number of imidazole rings is 1. The second kappa shape index (κ2) is 6.52. The molecule has 3 aromatic rings. The molecule has 2 N–H and O–H groups in total. The molecule has 0 bridgehead atoms. The maximum atomic E-state index is 4.84. The molecule has 2 fully saturated rings. The predicted molar refractivity (Wildman–Crippen MR) is 112 cm³/mol. The normalized spacial score (nSPS) is 17.9. The van der Waals surface area contributed by atoms with E-state index in [4.69, 9.17) is 9.97 Å². The summed E-state index contributed by atoms with van der Waals surface area (Å²) >= 11 is 0. The number of hydrogen-bond donors (Lipinski definition) is 2. The molecule has 0 aromatic carbocycles. The van der Waals surface area contributed by atoms with E-state index in [2.05, 4.69) is 43.1 Å². The average Bonchev–Trinajstić information content (AvgIpc) is 3.45. The number of fused-ring (bicyclic) bond motifs is 3. The molecule has 1 saturated heterocycles. The van der Waals surface area contributed by atoms with Gasteiger partial charge >= 0.3 is 0 Å². The quantitative estimate of drug-likeness (QED) is 0.555. The van der Waals surface area contributed by atoms with E-state index in [9.17, 15) is 0 Å². The Morgan fingerprint density at radius 3 is 2.69 bits per heavy atom. The summed E-state index contributed by atoms with van der Waals surface area (Å²) in [7, 11) is 0. The smallest absolute Gasteiger partial charge is 0.228 e. The number of anilines is 3. The maximum absolute atomic E-state index is 4.84. The molecule has 4 heterocycles. The van der Waals surface area contributed by atoms with Crippen molar-refractivity contribution in [1.29, 1.82) is 0 Å². The molecule has 1 aliphatic heterocycles. The van der Waals surface area contributed by atoms with Crippen molar-refractivity contribution in [1.82, 2.24) is 29.8 Å². The van der Waals surface area contributed by atoms with Gasteiger partial charge < -0.3 is 20.1 Å². The zero-order chi connectivity index (χ0) is 19.4. The van der Waals surface area contributed by atoms with E-state index < -0.39 is 0 Å². The van der Waals surface area contributed by atoms with Crippen LogP contribution in [0.5, 0.6) is 0 Å². The first-order valence-electron chi connectivity index (χ1n) is 10.4. The Morgan fingerprint density at radius 1 is 1.07 bits per heavy atom. The summed E-state index contributed by atoms with van der Waals surface area (Å²) in [6.45, 7) is 6.15. The fourth-order valence-corrected chi connectivity index (χ4v) is 4.42. The van der Waals surface area contributed by atoms with Crippen molar-refractivity contribution in [2.24, 2.45) is 0 Å². The van der Waals surface area contributed by atoms with Crippen molar-refractivity contribution in [3.63, 3.8) is 0 Å². The second-order valence-electron chi connectivity index (χ2n) is 8.06. The summed E-state index contributed by atoms with van der Waals surface area (Å²) in [4.78, 5) is 21.1. The Morgan fingerprint density at radius 2 is 1.93 bits per heavy atom. The first kappa shape index (κ1) is 16.9. The molecule has 0 atom stereocenters. The van der Waals surface area contributed by atoms with Crippen LogP contribution in [0, 0.1) is 6.92 Å². The van der Waals surface area contributed by atoms with Gasteiger partial charge in [0, 0.05) is 50.4 Å². The van der Waals surface area contributed by atoms with Gasteiger partial charge in [0.05, 0.1) is 29.0 Å². The number of aryl methyl sites for hydroxylation is 1. The monoisotopic (exact) mass is 388 g/mol. The Kier molecular flexibility index (Phi) is 3.80. The van der Waals surface area contributed by atoms with Gasteiger partial charge in [-0.1, -0.05) is 0 Å². The number of piperazine rings is 1. The molecule has 3 aliphatic rings. The van der Waals surface area contributed by atoms with Crippen LogP contribution in [0.3, 0.4) is 0 Å². The third-order valence-corrected chi connectivity index (χ3v) is 5.99. The van der Waals surface area contributed by atoms with E-state index in [0.717, 1.165) is 66.9 Å². The topological polar surface area (TPSA) is 83.8 Å². The molecule has 8 nitrogen and oxygen atoms in total. The standard InChI is InChI=1S/C21H24N8/c1-13-25-17-10-14-11-24-21(27-19(14)20(17)29(13)15-2-3-15)26-18-5-4-16(12-23-18)28-8-6-22-7-9-28/h4-5,11-12,15,22H,2-3,6-10H2,1H3,(H,23,24,26,27). The van der Waals surface area contributed by atoms with Crippen LogP contribution in [-0.4, -0.2) is 50.7 Å². The minimum absolute atomic E-state index is 0.584. The predicted octanol–water partition coefficient (Wildman–Crippen LogP) is 2.44. The van der Waals surface area contributed by atoms with E-state index in [1.54, 1.807) is 0 Å². The molecule has 0 amide bonds. The third kappa shape index (κ3) is 2.95. The number of aromatic nitrogens is 5. The van der Waals surface area contributed by atoms with E-state index in [0.29, 0.717) is 12.0 Å². The van der Waals surface area contributed by atoms with Crippen LogP contribution in [0.1, 0.15) is 36.0 Å². The number of rotatable bonds is 4. The molecule has 29 heavy (non-hydrogen) atoms. The van der Waals surface area contributed by atoms with E-state index in [-0.39, 0.29) is 0 Å². The van der Waals surface area contributed by atoms with Gasteiger partial charge in [0.15, 0.2) is 0 Å². The van der Waals surface area contributed by atoms with E-state index in [1.165, 1.54) is 18.5 Å². The first-order valence-corrected chi connectivity index (χ1v) is 10.4. The Bertz CT molecular complexity index is 1060. The molecule has 6 rings (SSSR count). The van der Waals surface area contributed by atoms with Crippen LogP contribution in [-0.2, 0) is 6.42 Å². The lowest BCUT2D eigenvalue weighted by molar-refractivity contribution is 0.589. The highest BCUT2D eigenvalue weighted by Gasteiger charge is 2.34. The second-order valence-corrected chi connectivity index (χ2v) is 8.06. The fraction of sp³-hybridized carbons (Fsp3) is 0.429. The molecular weight excluding hydrogens is 364 g/mol. The van der Waals surface area contributed by atoms with Crippen LogP contribution in [0.4, 0.5) is 17.5 Å². The summed E-state index contributed by atoms with van der Waals surface area (Å²) in [5, 5.41) is 6.65. The highest BCUT2D eigenvalue weighted by Crippen LogP contribution is 2.44. The molecule has 8 heteroatoms. The number of nitrogens with one attached hydrogen (secondary N) is 2.